The third kappa shape index (κ3) is 6.92. The topological polar surface area (TPSA) is 145 Å². The van der Waals surface area contributed by atoms with Crippen LogP contribution in [0.4, 0.5) is 11.4 Å². The van der Waals surface area contributed by atoms with Gasteiger partial charge >= 0.3 is 5.97 Å². The summed E-state index contributed by atoms with van der Waals surface area (Å²) in [5, 5.41) is 4.81. The van der Waals surface area contributed by atoms with Crippen molar-refractivity contribution in [2.24, 2.45) is 5.14 Å². The van der Waals surface area contributed by atoms with Gasteiger partial charge < -0.3 is 4.74 Å². The van der Waals surface area contributed by atoms with Gasteiger partial charge in [-0.25, -0.2) is 13.6 Å². The van der Waals surface area contributed by atoms with E-state index in [-0.39, 0.29) is 18.0 Å². The second-order valence-electron chi connectivity index (χ2n) is 3.89. The van der Waals surface area contributed by atoms with Crippen molar-refractivity contribution in [3.63, 3.8) is 0 Å². The Hall–Kier alpha value is -1.85. The molecule has 0 aliphatic rings. The number of nitrogens with one attached hydrogen (secondary N) is 2. The third-order valence-electron chi connectivity index (χ3n) is 2.01. The van der Waals surface area contributed by atoms with E-state index in [1.807, 2.05) is 4.72 Å². The number of benzene rings is 1. The van der Waals surface area contributed by atoms with Crippen LogP contribution in [0.15, 0.2) is 24.3 Å². The molecule has 0 saturated heterocycles. The van der Waals surface area contributed by atoms with E-state index >= 15 is 0 Å². The molecular formula is C10H15N3O6S2. The van der Waals surface area contributed by atoms with Gasteiger partial charge in [-0.15, -0.1) is 0 Å². The van der Waals surface area contributed by atoms with Crippen LogP contribution in [0.5, 0.6) is 0 Å². The van der Waals surface area contributed by atoms with E-state index in [9.17, 15) is 21.6 Å². The Morgan fingerprint density at radius 3 is 2.29 bits per heavy atom. The molecule has 1 aromatic rings. The largest absolute Gasteiger partial charge is 0.465 e. The highest BCUT2D eigenvalue weighted by Gasteiger charge is 2.17. The van der Waals surface area contributed by atoms with Crippen molar-refractivity contribution in [2.45, 2.75) is 6.92 Å². The number of anilines is 2. The van der Waals surface area contributed by atoms with Gasteiger partial charge in [0.05, 0.1) is 18.0 Å². The maximum Gasteiger partial charge on any atom is 0.323 e. The van der Waals surface area contributed by atoms with E-state index in [1.165, 1.54) is 24.3 Å². The predicted octanol–water partition coefficient (Wildman–Crippen LogP) is -0.393. The van der Waals surface area contributed by atoms with E-state index in [2.05, 4.69) is 9.46 Å². The van der Waals surface area contributed by atoms with Crippen molar-refractivity contribution in [2.75, 3.05) is 21.8 Å². The maximum atomic E-state index is 11.7. The number of hydrogen-bond acceptors (Lipinski definition) is 6. The van der Waals surface area contributed by atoms with Crippen molar-refractivity contribution >= 4 is 37.6 Å². The monoisotopic (exact) mass is 337 g/mol. The summed E-state index contributed by atoms with van der Waals surface area (Å²) in [4.78, 5) is 11.2. The molecule has 4 N–H and O–H groups in total. The SMILES string of the molecule is CCOC(=O)CS(=O)(=O)Nc1cccc(NS(N)(=O)=O)c1. The average Bonchev–Trinajstić information content (AvgIpc) is 2.25. The average molecular weight is 337 g/mol. The molecule has 11 heteroatoms. The summed E-state index contributed by atoms with van der Waals surface area (Å²) in [7, 11) is -7.91. The number of carbonyl (C=O) groups excluding carboxylic acids is 1. The Morgan fingerprint density at radius 2 is 1.76 bits per heavy atom. The van der Waals surface area contributed by atoms with Crippen LogP contribution in [-0.4, -0.2) is 35.2 Å². The van der Waals surface area contributed by atoms with Crippen molar-refractivity contribution < 1.29 is 26.4 Å². The molecule has 0 radical (unpaired) electrons. The van der Waals surface area contributed by atoms with Gasteiger partial charge in [0.15, 0.2) is 5.75 Å². The second-order valence-corrected chi connectivity index (χ2v) is 6.91. The van der Waals surface area contributed by atoms with Crippen LogP contribution < -0.4 is 14.6 Å². The summed E-state index contributed by atoms with van der Waals surface area (Å²) in [6.07, 6.45) is 0. The zero-order valence-electron chi connectivity index (χ0n) is 11.1. The van der Waals surface area contributed by atoms with E-state index in [4.69, 9.17) is 5.14 Å². The molecule has 21 heavy (non-hydrogen) atoms. The standard InChI is InChI=1S/C10H15N3O6S2/c1-2-19-10(14)7-20(15,16)12-8-4-3-5-9(6-8)13-21(11,17)18/h3-6,12-13H,2,7H2,1H3,(H2,11,17,18). The fourth-order valence-corrected chi connectivity index (χ4v) is 2.79. The first-order valence-electron chi connectivity index (χ1n) is 5.68. The highest BCUT2D eigenvalue weighted by atomic mass is 32.2. The first-order chi connectivity index (χ1) is 9.61. The lowest BCUT2D eigenvalue weighted by Gasteiger charge is -2.09. The van der Waals surface area contributed by atoms with Crippen molar-refractivity contribution in [3.05, 3.63) is 24.3 Å². The van der Waals surface area contributed by atoms with Gasteiger partial charge in [0.25, 0.3) is 10.2 Å². The van der Waals surface area contributed by atoms with Gasteiger partial charge in [0.1, 0.15) is 0 Å². The number of carbonyl (C=O) groups is 1. The summed E-state index contributed by atoms with van der Waals surface area (Å²) in [6.45, 7) is 1.63. The second kappa shape index (κ2) is 6.74. The molecule has 1 aromatic carbocycles. The Bertz CT molecular complexity index is 714. The summed E-state index contributed by atoms with van der Waals surface area (Å²) >= 11 is 0. The number of nitrogens with two attached hydrogens (primary N) is 1. The minimum Gasteiger partial charge on any atom is -0.465 e. The van der Waals surface area contributed by atoms with E-state index < -0.39 is 32.0 Å². The highest BCUT2D eigenvalue weighted by molar-refractivity contribution is 7.93. The molecule has 0 aliphatic carbocycles. The number of esters is 1. The van der Waals surface area contributed by atoms with Gasteiger partial charge in [-0.3, -0.25) is 14.2 Å². The lowest BCUT2D eigenvalue weighted by atomic mass is 10.3. The molecule has 0 spiro atoms. The molecule has 0 bridgehead atoms. The molecule has 0 atom stereocenters. The van der Waals surface area contributed by atoms with Crippen LogP contribution in [0, 0.1) is 0 Å². The van der Waals surface area contributed by atoms with Crippen molar-refractivity contribution in [1.82, 2.24) is 0 Å². The molecule has 118 valence electrons. The first kappa shape index (κ1) is 17.2. The van der Waals surface area contributed by atoms with Crippen LogP contribution in [-0.2, 0) is 29.8 Å². The lowest BCUT2D eigenvalue weighted by Crippen LogP contribution is -2.24. The molecule has 0 unspecified atom stereocenters. The lowest BCUT2D eigenvalue weighted by molar-refractivity contribution is -0.139. The molecule has 9 nitrogen and oxygen atoms in total. The van der Waals surface area contributed by atoms with Gasteiger partial charge in [-0.2, -0.15) is 8.42 Å². The van der Waals surface area contributed by atoms with Gasteiger partial charge in [0.2, 0.25) is 10.0 Å². The van der Waals surface area contributed by atoms with Crippen LogP contribution in [0.3, 0.4) is 0 Å². The van der Waals surface area contributed by atoms with Crippen molar-refractivity contribution in [3.8, 4) is 0 Å². The van der Waals surface area contributed by atoms with E-state index in [1.54, 1.807) is 6.92 Å². The molecule has 0 heterocycles. The summed E-state index contributed by atoms with van der Waals surface area (Å²) in [5.74, 6) is -1.72. The molecule has 0 aliphatic heterocycles. The quantitative estimate of drug-likeness (QED) is 0.578. The first-order valence-corrected chi connectivity index (χ1v) is 8.88. The van der Waals surface area contributed by atoms with Gasteiger partial charge in [0, 0.05) is 0 Å². The van der Waals surface area contributed by atoms with Gasteiger partial charge in [-0.1, -0.05) is 6.07 Å². The zero-order chi connectivity index (χ0) is 16.1. The van der Waals surface area contributed by atoms with Gasteiger partial charge in [-0.05, 0) is 25.1 Å². The molecule has 0 aromatic heterocycles. The van der Waals surface area contributed by atoms with Crippen molar-refractivity contribution in [1.29, 1.82) is 0 Å². The smallest absolute Gasteiger partial charge is 0.323 e. The Labute approximate surface area is 122 Å². The Kier molecular flexibility index (Phi) is 5.52. The third-order valence-corrected chi connectivity index (χ3v) is 3.69. The molecular weight excluding hydrogens is 322 g/mol. The van der Waals surface area contributed by atoms with Crippen LogP contribution in [0.25, 0.3) is 0 Å². The predicted molar refractivity (Wildman–Crippen MR) is 77.2 cm³/mol. The van der Waals surface area contributed by atoms with E-state index in [0.29, 0.717) is 0 Å². The summed E-state index contributed by atoms with van der Waals surface area (Å²) in [5.41, 5.74) is 0.154. The summed E-state index contributed by atoms with van der Waals surface area (Å²) < 4.78 is 53.8. The Balaban J connectivity index is 2.83. The molecule has 0 fully saturated rings. The zero-order valence-corrected chi connectivity index (χ0v) is 12.7. The fourth-order valence-electron chi connectivity index (χ4n) is 1.38. The Morgan fingerprint density at radius 1 is 1.19 bits per heavy atom. The van der Waals surface area contributed by atoms with E-state index in [0.717, 1.165) is 0 Å². The normalized spacial score (nSPS) is 11.7. The fraction of sp³-hybridized carbons (Fsp3) is 0.300. The van der Waals surface area contributed by atoms with Crippen LogP contribution >= 0.6 is 0 Å². The minimum absolute atomic E-state index is 0.0715. The van der Waals surface area contributed by atoms with Crippen LogP contribution in [0.1, 0.15) is 6.92 Å². The molecule has 0 saturated carbocycles. The number of hydrogen-bond donors (Lipinski definition) is 3. The molecule has 0 amide bonds. The molecule has 1 rings (SSSR count). The minimum atomic E-state index is -3.97. The number of sulfonamides is 1. The summed E-state index contributed by atoms with van der Waals surface area (Å²) in [6, 6.07) is 5.40. The number of rotatable bonds is 7. The number of ether oxygens (including phenoxy) is 1. The maximum absolute atomic E-state index is 11.7. The van der Waals surface area contributed by atoms with Crippen LogP contribution in [0.2, 0.25) is 0 Å². The highest BCUT2D eigenvalue weighted by Crippen LogP contribution is 2.17.